The third-order valence-electron chi connectivity index (χ3n) is 3.54. The van der Waals surface area contributed by atoms with Crippen LogP contribution in [-0.4, -0.2) is 28.8 Å². The Kier molecular flexibility index (Phi) is 3.25. The van der Waals surface area contributed by atoms with Crippen LogP contribution in [0.25, 0.3) is 16.8 Å². The summed E-state index contributed by atoms with van der Waals surface area (Å²) in [5.41, 5.74) is 4.89. The van der Waals surface area contributed by atoms with Gasteiger partial charge >= 0.3 is 0 Å². The van der Waals surface area contributed by atoms with Crippen LogP contribution in [0.1, 0.15) is 11.4 Å². The van der Waals surface area contributed by atoms with Crippen molar-refractivity contribution in [2.24, 2.45) is 0 Å². The van der Waals surface area contributed by atoms with Crippen LogP contribution in [0.4, 0.5) is 0 Å². The molecule has 0 saturated heterocycles. The van der Waals surface area contributed by atoms with Gasteiger partial charge in [-0.1, -0.05) is 6.07 Å². The van der Waals surface area contributed by atoms with Crippen LogP contribution in [-0.2, 0) is 0 Å². The van der Waals surface area contributed by atoms with Gasteiger partial charge in [-0.15, -0.1) is 0 Å². The van der Waals surface area contributed by atoms with E-state index in [1.165, 1.54) is 0 Å². The van der Waals surface area contributed by atoms with Crippen molar-refractivity contribution in [3.63, 3.8) is 0 Å². The predicted molar refractivity (Wildman–Crippen MR) is 81.0 cm³/mol. The van der Waals surface area contributed by atoms with Gasteiger partial charge in [-0.3, -0.25) is 0 Å². The molecule has 3 rings (SSSR count). The second-order valence-electron chi connectivity index (χ2n) is 4.88. The van der Waals surface area contributed by atoms with Crippen LogP contribution in [0.5, 0.6) is 11.5 Å². The van der Waals surface area contributed by atoms with Crippen molar-refractivity contribution in [2.45, 2.75) is 13.8 Å². The van der Waals surface area contributed by atoms with Gasteiger partial charge in [0.15, 0.2) is 17.1 Å². The molecule has 2 aromatic heterocycles. The summed E-state index contributed by atoms with van der Waals surface area (Å²) in [6.45, 7) is 4.00. The molecule has 108 valence electrons. The van der Waals surface area contributed by atoms with Gasteiger partial charge < -0.3 is 9.47 Å². The van der Waals surface area contributed by atoms with Gasteiger partial charge in [0.05, 0.1) is 25.6 Å². The van der Waals surface area contributed by atoms with Crippen LogP contribution in [0, 0.1) is 13.8 Å². The minimum Gasteiger partial charge on any atom is -0.493 e. The molecular weight excluding hydrogens is 266 g/mol. The van der Waals surface area contributed by atoms with E-state index >= 15 is 0 Å². The Morgan fingerprint density at radius 2 is 1.76 bits per heavy atom. The number of ether oxygens (including phenoxy) is 2. The Morgan fingerprint density at radius 3 is 2.48 bits per heavy atom. The first-order chi connectivity index (χ1) is 10.1. The Hall–Kier alpha value is -2.56. The van der Waals surface area contributed by atoms with Gasteiger partial charge in [-0.25, -0.2) is 9.50 Å². The van der Waals surface area contributed by atoms with Crippen molar-refractivity contribution in [3.8, 4) is 22.6 Å². The lowest BCUT2D eigenvalue weighted by molar-refractivity contribution is 0.355. The number of aromatic nitrogens is 3. The highest BCUT2D eigenvalue weighted by molar-refractivity contribution is 5.69. The minimum absolute atomic E-state index is 0.700. The van der Waals surface area contributed by atoms with Gasteiger partial charge in [0, 0.05) is 17.8 Å². The maximum Gasteiger partial charge on any atom is 0.161 e. The van der Waals surface area contributed by atoms with Crippen molar-refractivity contribution >= 4 is 5.65 Å². The Bertz CT molecular complexity index is 809. The lowest BCUT2D eigenvalue weighted by atomic mass is 10.1. The summed E-state index contributed by atoms with van der Waals surface area (Å²) < 4.78 is 12.5. The Balaban J connectivity index is 2.18. The van der Waals surface area contributed by atoms with E-state index in [0.717, 1.165) is 28.2 Å². The molecule has 0 unspecified atom stereocenters. The number of methoxy groups -OCH3 is 2. The summed E-state index contributed by atoms with van der Waals surface area (Å²) in [6, 6.07) is 7.80. The molecule has 0 saturated carbocycles. The largest absolute Gasteiger partial charge is 0.493 e. The standard InChI is InChI=1S/C16H17N3O2/c1-10-7-16-17-9-13(11(2)19(16)18-10)12-5-6-14(20-3)15(8-12)21-4/h5-9H,1-4H3. The lowest BCUT2D eigenvalue weighted by Crippen LogP contribution is -1.99. The molecule has 1 aromatic carbocycles. The van der Waals surface area contributed by atoms with E-state index in [4.69, 9.17) is 9.47 Å². The van der Waals surface area contributed by atoms with E-state index in [9.17, 15) is 0 Å². The zero-order chi connectivity index (χ0) is 15.0. The SMILES string of the molecule is COc1ccc(-c2cnc3cc(C)nn3c2C)cc1OC. The topological polar surface area (TPSA) is 48.7 Å². The molecule has 0 N–H and O–H groups in total. The summed E-state index contributed by atoms with van der Waals surface area (Å²) in [5.74, 6) is 1.41. The summed E-state index contributed by atoms with van der Waals surface area (Å²) in [7, 11) is 3.26. The summed E-state index contributed by atoms with van der Waals surface area (Å²) >= 11 is 0. The minimum atomic E-state index is 0.700. The average Bonchev–Trinajstić information content (AvgIpc) is 2.88. The number of hydrogen-bond donors (Lipinski definition) is 0. The van der Waals surface area contributed by atoms with Gasteiger partial charge in [-0.2, -0.15) is 5.10 Å². The van der Waals surface area contributed by atoms with E-state index in [-0.39, 0.29) is 0 Å². The fourth-order valence-electron chi connectivity index (χ4n) is 2.45. The smallest absolute Gasteiger partial charge is 0.161 e. The fraction of sp³-hybridized carbons (Fsp3) is 0.250. The lowest BCUT2D eigenvalue weighted by Gasteiger charge is -2.11. The summed E-state index contributed by atoms with van der Waals surface area (Å²) in [5, 5.41) is 4.47. The van der Waals surface area contributed by atoms with Gasteiger partial charge in [-0.05, 0) is 31.5 Å². The van der Waals surface area contributed by atoms with E-state index < -0.39 is 0 Å². The molecule has 2 heterocycles. The number of hydrogen-bond acceptors (Lipinski definition) is 4. The molecular formula is C16H17N3O2. The summed E-state index contributed by atoms with van der Waals surface area (Å²) in [6.07, 6.45) is 1.87. The second kappa shape index (κ2) is 5.09. The molecule has 0 bridgehead atoms. The highest BCUT2D eigenvalue weighted by Gasteiger charge is 2.11. The normalized spacial score (nSPS) is 10.9. The molecule has 0 atom stereocenters. The van der Waals surface area contributed by atoms with Crippen LogP contribution in [0.15, 0.2) is 30.5 Å². The van der Waals surface area contributed by atoms with Gasteiger partial charge in [0.1, 0.15) is 0 Å². The molecule has 0 aliphatic carbocycles. The van der Waals surface area contributed by atoms with Crippen molar-refractivity contribution in [2.75, 3.05) is 14.2 Å². The maximum atomic E-state index is 5.36. The highest BCUT2D eigenvalue weighted by atomic mass is 16.5. The Labute approximate surface area is 123 Å². The first-order valence-corrected chi connectivity index (χ1v) is 6.68. The summed E-state index contributed by atoms with van der Waals surface area (Å²) in [4.78, 5) is 4.47. The molecule has 0 radical (unpaired) electrons. The van der Waals surface area contributed by atoms with Crippen molar-refractivity contribution in [1.82, 2.24) is 14.6 Å². The third kappa shape index (κ3) is 2.20. The number of benzene rings is 1. The van der Waals surface area contributed by atoms with Crippen LogP contribution < -0.4 is 9.47 Å². The molecule has 0 aliphatic heterocycles. The van der Waals surface area contributed by atoms with E-state index in [1.807, 2.05) is 48.8 Å². The average molecular weight is 283 g/mol. The van der Waals surface area contributed by atoms with E-state index in [2.05, 4.69) is 10.1 Å². The van der Waals surface area contributed by atoms with Crippen LogP contribution >= 0.6 is 0 Å². The Morgan fingerprint density at radius 1 is 1.00 bits per heavy atom. The van der Waals surface area contributed by atoms with Crippen LogP contribution in [0.2, 0.25) is 0 Å². The first kappa shape index (κ1) is 13.4. The zero-order valence-corrected chi connectivity index (χ0v) is 12.5. The fourth-order valence-corrected chi connectivity index (χ4v) is 2.45. The molecule has 5 nitrogen and oxygen atoms in total. The van der Waals surface area contributed by atoms with Gasteiger partial charge in [0.2, 0.25) is 0 Å². The zero-order valence-electron chi connectivity index (χ0n) is 12.5. The molecule has 0 spiro atoms. The second-order valence-corrected chi connectivity index (χ2v) is 4.88. The number of nitrogens with zero attached hydrogens (tertiary/aromatic N) is 3. The molecule has 21 heavy (non-hydrogen) atoms. The van der Waals surface area contributed by atoms with E-state index in [1.54, 1.807) is 14.2 Å². The molecule has 3 aromatic rings. The molecule has 0 amide bonds. The van der Waals surface area contributed by atoms with Gasteiger partial charge in [0.25, 0.3) is 0 Å². The monoisotopic (exact) mass is 283 g/mol. The molecule has 0 aliphatic rings. The van der Waals surface area contributed by atoms with E-state index in [0.29, 0.717) is 11.5 Å². The number of rotatable bonds is 3. The quantitative estimate of drug-likeness (QED) is 0.741. The van der Waals surface area contributed by atoms with Crippen molar-refractivity contribution < 1.29 is 9.47 Å². The molecule has 0 fully saturated rings. The highest BCUT2D eigenvalue weighted by Crippen LogP contribution is 2.33. The third-order valence-corrected chi connectivity index (χ3v) is 3.54. The van der Waals surface area contributed by atoms with Crippen molar-refractivity contribution in [1.29, 1.82) is 0 Å². The predicted octanol–water partition coefficient (Wildman–Crippen LogP) is 3.03. The molecule has 5 heteroatoms. The first-order valence-electron chi connectivity index (χ1n) is 6.68. The van der Waals surface area contributed by atoms with Crippen molar-refractivity contribution in [3.05, 3.63) is 41.9 Å². The maximum absolute atomic E-state index is 5.36. The number of fused-ring (bicyclic) bond motifs is 1. The number of aryl methyl sites for hydroxylation is 2. The van der Waals surface area contributed by atoms with Crippen LogP contribution in [0.3, 0.4) is 0 Å².